The van der Waals surface area contributed by atoms with Crippen molar-refractivity contribution >= 4 is 11.8 Å². The Labute approximate surface area is 124 Å². The van der Waals surface area contributed by atoms with Gasteiger partial charge in [-0.15, -0.1) is 11.8 Å². The standard InChI is InChI=1S/C17H21NOS/c1-17(2)10-15-14(16(19)11-17)8-9-18(15)12-4-6-13(20-3)7-5-12/h4-9,16,19H,10-11H2,1-3H3. The Bertz CT molecular complexity index is 612. The summed E-state index contributed by atoms with van der Waals surface area (Å²) in [5.41, 5.74) is 3.68. The van der Waals surface area contributed by atoms with Crippen molar-refractivity contribution in [1.29, 1.82) is 0 Å². The Hall–Kier alpha value is -1.19. The lowest BCUT2D eigenvalue weighted by atomic mass is 9.75. The normalized spacial score (nSPS) is 20.7. The molecule has 1 heterocycles. The highest BCUT2D eigenvalue weighted by molar-refractivity contribution is 7.98. The van der Waals surface area contributed by atoms with E-state index in [1.165, 1.54) is 16.3 Å². The van der Waals surface area contributed by atoms with Crippen LogP contribution >= 0.6 is 11.8 Å². The zero-order chi connectivity index (χ0) is 14.3. The molecule has 0 fully saturated rings. The van der Waals surface area contributed by atoms with Gasteiger partial charge >= 0.3 is 0 Å². The van der Waals surface area contributed by atoms with Crippen LogP contribution in [0.1, 0.15) is 37.6 Å². The molecule has 1 unspecified atom stereocenters. The van der Waals surface area contributed by atoms with Gasteiger partial charge in [0.1, 0.15) is 0 Å². The number of thioether (sulfide) groups is 1. The molecule has 1 aliphatic rings. The summed E-state index contributed by atoms with van der Waals surface area (Å²) in [7, 11) is 0. The summed E-state index contributed by atoms with van der Waals surface area (Å²) in [4.78, 5) is 1.27. The quantitative estimate of drug-likeness (QED) is 0.837. The molecule has 0 radical (unpaired) electrons. The maximum absolute atomic E-state index is 10.3. The Morgan fingerprint density at radius 3 is 2.55 bits per heavy atom. The highest BCUT2D eigenvalue weighted by Gasteiger charge is 2.33. The summed E-state index contributed by atoms with van der Waals surface area (Å²) < 4.78 is 2.23. The van der Waals surface area contributed by atoms with Crippen LogP contribution in [0.2, 0.25) is 0 Å². The van der Waals surface area contributed by atoms with Gasteiger partial charge in [0.05, 0.1) is 6.10 Å². The van der Waals surface area contributed by atoms with Crippen molar-refractivity contribution < 1.29 is 5.11 Å². The minimum absolute atomic E-state index is 0.154. The van der Waals surface area contributed by atoms with Crippen molar-refractivity contribution in [2.24, 2.45) is 5.41 Å². The minimum Gasteiger partial charge on any atom is -0.388 e. The maximum Gasteiger partial charge on any atom is 0.0812 e. The summed E-state index contributed by atoms with van der Waals surface area (Å²) in [5, 5.41) is 10.3. The molecule has 1 aromatic carbocycles. The molecule has 0 amide bonds. The lowest BCUT2D eigenvalue weighted by Crippen LogP contribution is -2.26. The summed E-state index contributed by atoms with van der Waals surface area (Å²) in [6, 6.07) is 10.7. The third kappa shape index (κ3) is 2.40. The molecule has 106 valence electrons. The smallest absolute Gasteiger partial charge is 0.0812 e. The van der Waals surface area contributed by atoms with E-state index in [2.05, 4.69) is 61.2 Å². The number of hydrogen-bond donors (Lipinski definition) is 1. The van der Waals surface area contributed by atoms with E-state index in [4.69, 9.17) is 0 Å². The van der Waals surface area contributed by atoms with Crippen molar-refractivity contribution in [3.05, 3.63) is 47.8 Å². The predicted molar refractivity (Wildman–Crippen MR) is 84.6 cm³/mol. The highest BCUT2D eigenvalue weighted by atomic mass is 32.2. The second kappa shape index (κ2) is 4.97. The summed E-state index contributed by atoms with van der Waals surface area (Å²) in [6.45, 7) is 4.46. The van der Waals surface area contributed by atoms with Gasteiger partial charge < -0.3 is 9.67 Å². The molecule has 1 atom stereocenters. The molecular formula is C17H21NOS. The fourth-order valence-electron chi connectivity index (χ4n) is 3.11. The second-order valence-electron chi connectivity index (χ2n) is 6.35. The van der Waals surface area contributed by atoms with Crippen molar-refractivity contribution in [1.82, 2.24) is 4.57 Å². The first-order chi connectivity index (χ1) is 9.50. The van der Waals surface area contributed by atoms with Crippen LogP contribution in [0, 0.1) is 5.41 Å². The average molecular weight is 287 g/mol. The van der Waals surface area contributed by atoms with Gasteiger partial charge in [0.15, 0.2) is 0 Å². The van der Waals surface area contributed by atoms with E-state index in [9.17, 15) is 5.11 Å². The Kier molecular flexibility index (Phi) is 3.43. The molecule has 0 saturated carbocycles. The molecule has 2 nitrogen and oxygen atoms in total. The molecule has 0 bridgehead atoms. The number of fused-ring (bicyclic) bond motifs is 1. The van der Waals surface area contributed by atoms with Crippen LogP contribution in [0.25, 0.3) is 5.69 Å². The Balaban J connectivity index is 2.03. The average Bonchev–Trinajstić information content (AvgIpc) is 2.81. The number of aromatic nitrogens is 1. The highest BCUT2D eigenvalue weighted by Crippen LogP contribution is 2.41. The number of benzene rings is 1. The molecule has 3 heteroatoms. The van der Waals surface area contributed by atoms with E-state index < -0.39 is 0 Å². The van der Waals surface area contributed by atoms with Crippen molar-refractivity contribution in [3.63, 3.8) is 0 Å². The lowest BCUT2D eigenvalue weighted by Gasteiger charge is -2.34. The number of rotatable bonds is 2. The molecule has 20 heavy (non-hydrogen) atoms. The van der Waals surface area contributed by atoms with Gasteiger partial charge in [-0.3, -0.25) is 0 Å². The number of hydrogen-bond acceptors (Lipinski definition) is 2. The van der Waals surface area contributed by atoms with Crippen LogP contribution in [0.3, 0.4) is 0 Å². The van der Waals surface area contributed by atoms with Gasteiger partial charge in [0.25, 0.3) is 0 Å². The van der Waals surface area contributed by atoms with Gasteiger partial charge in [0.2, 0.25) is 0 Å². The molecule has 1 N–H and O–H groups in total. The van der Waals surface area contributed by atoms with E-state index in [1.807, 2.05) is 0 Å². The van der Waals surface area contributed by atoms with Crippen molar-refractivity contribution in [2.75, 3.05) is 6.26 Å². The van der Waals surface area contributed by atoms with Gasteiger partial charge in [-0.05, 0) is 54.8 Å². The molecule has 0 aliphatic heterocycles. The topological polar surface area (TPSA) is 25.2 Å². The second-order valence-corrected chi connectivity index (χ2v) is 7.23. The van der Waals surface area contributed by atoms with Crippen LogP contribution in [0.15, 0.2) is 41.4 Å². The summed E-state index contributed by atoms with van der Waals surface area (Å²) in [5.74, 6) is 0. The first-order valence-corrected chi connectivity index (χ1v) is 8.25. The Morgan fingerprint density at radius 1 is 1.20 bits per heavy atom. The lowest BCUT2D eigenvalue weighted by molar-refractivity contribution is 0.0987. The largest absolute Gasteiger partial charge is 0.388 e. The van der Waals surface area contributed by atoms with Crippen LogP contribution in [-0.4, -0.2) is 15.9 Å². The van der Waals surface area contributed by atoms with E-state index in [0.29, 0.717) is 0 Å². The third-order valence-corrected chi connectivity index (χ3v) is 4.87. The van der Waals surface area contributed by atoms with Gasteiger partial charge in [-0.25, -0.2) is 0 Å². The van der Waals surface area contributed by atoms with E-state index in [-0.39, 0.29) is 11.5 Å². The summed E-state index contributed by atoms with van der Waals surface area (Å²) in [6.07, 6.45) is 5.70. The van der Waals surface area contributed by atoms with Crippen LogP contribution in [0.4, 0.5) is 0 Å². The van der Waals surface area contributed by atoms with Crippen LogP contribution < -0.4 is 0 Å². The van der Waals surface area contributed by atoms with E-state index in [1.54, 1.807) is 11.8 Å². The van der Waals surface area contributed by atoms with Crippen LogP contribution in [0.5, 0.6) is 0 Å². The van der Waals surface area contributed by atoms with Gasteiger partial charge in [-0.2, -0.15) is 0 Å². The monoisotopic (exact) mass is 287 g/mol. The maximum atomic E-state index is 10.3. The third-order valence-electron chi connectivity index (χ3n) is 4.13. The first-order valence-electron chi connectivity index (χ1n) is 7.03. The fourth-order valence-corrected chi connectivity index (χ4v) is 3.52. The molecule has 1 aliphatic carbocycles. The molecule has 3 rings (SSSR count). The van der Waals surface area contributed by atoms with E-state index in [0.717, 1.165) is 18.4 Å². The zero-order valence-electron chi connectivity index (χ0n) is 12.3. The SMILES string of the molecule is CSc1ccc(-n2ccc3c2CC(C)(C)CC3O)cc1. The van der Waals surface area contributed by atoms with Gasteiger partial charge in [-0.1, -0.05) is 13.8 Å². The van der Waals surface area contributed by atoms with Crippen molar-refractivity contribution in [3.8, 4) is 5.69 Å². The minimum atomic E-state index is -0.333. The molecule has 0 saturated heterocycles. The summed E-state index contributed by atoms with van der Waals surface area (Å²) >= 11 is 1.75. The van der Waals surface area contributed by atoms with Gasteiger partial charge in [0, 0.05) is 28.0 Å². The molecule has 1 aromatic heterocycles. The molecular weight excluding hydrogens is 266 g/mol. The van der Waals surface area contributed by atoms with E-state index >= 15 is 0 Å². The predicted octanol–water partition coefficient (Wildman–Crippen LogP) is 4.21. The first kappa shape index (κ1) is 13.8. The number of aliphatic hydroxyl groups excluding tert-OH is 1. The zero-order valence-corrected chi connectivity index (χ0v) is 13.1. The van der Waals surface area contributed by atoms with Crippen LogP contribution in [-0.2, 0) is 6.42 Å². The molecule has 2 aromatic rings. The number of nitrogens with zero attached hydrogens (tertiary/aromatic N) is 1. The number of aliphatic hydroxyl groups is 1. The Morgan fingerprint density at radius 2 is 1.90 bits per heavy atom. The van der Waals surface area contributed by atoms with Crippen molar-refractivity contribution in [2.45, 2.75) is 37.7 Å². The molecule has 0 spiro atoms. The fraction of sp³-hybridized carbons (Fsp3) is 0.412.